The minimum atomic E-state index is -4.97. The number of rotatable bonds is 84. The number of ether oxygens (including phenoxy) is 4. The van der Waals surface area contributed by atoms with Crippen molar-refractivity contribution in [1.29, 1.82) is 0 Å². The number of hydrogen-bond donors (Lipinski definition) is 3. The summed E-state index contributed by atoms with van der Waals surface area (Å²) in [5.41, 5.74) is 0. The van der Waals surface area contributed by atoms with Gasteiger partial charge in [-0.15, -0.1) is 0 Å². The van der Waals surface area contributed by atoms with Gasteiger partial charge in [-0.25, -0.2) is 9.13 Å². The molecule has 0 aliphatic carbocycles. The Balaban J connectivity index is 5.24. The molecule has 0 fully saturated rings. The number of aliphatic hydroxyl groups excluding tert-OH is 1. The Morgan fingerprint density at radius 2 is 0.486 bits per heavy atom. The van der Waals surface area contributed by atoms with Crippen LogP contribution in [0.3, 0.4) is 0 Å². The number of carbonyl (C=O) groups is 4. The van der Waals surface area contributed by atoms with E-state index in [1.807, 2.05) is 0 Å². The molecule has 0 aliphatic rings. The third kappa shape index (κ3) is 78.5. The van der Waals surface area contributed by atoms with E-state index in [1.54, 1.807) is 0 Å². The van der Waals surface area contributed by atoms with Crippen molar-refractivity contribution in [2.24, 2.45) is 17.8 Å². The summed E-state index contributed by atoms with van der Waals surface area (Å²) in [4.78, 5) is 73.2. The highest BCUT2D eigenvalue weighted by atomic mass is 31.2. The monoisotopic (exact) mass is 1540 g/mol. The van der Waals surface area contributed by atoms with Crippen molar-refractivity contribution in [3.8, 4) is 0 Å². The van der Waals surface area contributed by atoms with Gasteiger partial charge >= 0.3 is 39.5 Å². The molecule has 3 unspecified atom stereocenters. The third-order valence-electron chi connectivity index (χ3n) is 20.5. The average Bonchev–Trinajstić information content (AvgIpc) is 1.05. The predicted molar refractivity (Wildman–Crippen MR) is 432 cm³/mol. The van der Waals surface area contributed by atoms with Crippen molar-refractivity contribution in [3.63, 3.8) is 0 Å². The molecule has 0 rings (SSSR count). The second-order valence-electron chi connectivity index (χ2n) is 32.1. The number of carbonyl (C=O) groups excluding carboxylic acids is 4. The van der Waals surface area contributed by atoms with Gasteiger partial charge in [0.1, 0.15) is 19.3 Å². The molecule has 624 valence electrons. The number of esters is 4. The van der Waals surface area contributed by atoms with E-state index in [4.69, 9.17) is 37.0 Å². The molecule has 17 nitrogen and oxygen atoms in total. The van der Waals surface area contributed by atoms with Gasteiger partial charge in [-0.3, -0.25) is 37.3 Å². The lowest BCUT2D eigenvalue weighted by Gasteiger charge is -2.21. The summed E-state index contributed by atoms with van der Waals surface area (Å²) in [7, 11) is -9.93. The molecule has 6 atom stereocenters. The van der Waals surface area contributed by atoms with Gasteiger partial charge in [0.2, 0.25) is 0 Å². The lowest BCUT2D eigenvalue weighted by molar-refractivity contribution is -0.161. The highest BCUT2D eigenvalue weighted by molar-refractivity contribution is 7.47. The molecule has 0 heterocycles. The number of phosphoric ester groups is 2. The van der Waals surface area contributed by atoms with Crippen molar-refractivity contribution in [2.45, 2.75) is 471 Å². The maximum absolute atomic E-state index is 13.1. The standard InChI is InChI=1S/C86H168O17P2/c1-8-10-11-12-13-14-15-24-31-39-46-53-60-67-83(88)96-74-82(103-86(91)70-63-56-49-42-35-34-37-44-51-58-65-78(5)6)76-101-105(94,95)99-72-80(87)71-98-104(92,93)100-75-81(73-97-84(89)68-61-54-47-40-32-27-23-22-25-29-36-43-50-57-64-77(3)4)102-85(90)69-62-55-48-41-33-28-21-19-17-16-18-20-26-30-38-45-52-59-66-79(7)9-2/h77-82,87H,8-76H2,1-7H3,(H,92,93)(H,94,95)/t79?,80-,81-,82-/m1/s1. The molecule has 0 radical (unpaired) electrons. The number of phosphoric acid groups is 2. The zero-order valence-electron chi connectivity index (χ0n) is 69.2. The Labute approximate surface area is 645 Å². The van der Waals surface area contributed by atoms with Gasteiger partial charge in [0.15, 0.2) is 12.2 Å². The first-order valence-corrected chi connectivity index (χ1v) is 47.4. The Bertz CT molecular complexity index is 2030. The molecule has 0 saturated carbocycles. The van der Waals surface area contributed by atoms with Crippen LogP contribution in [-0.2, 0) is 65.4 Å². The van der Waals surface area contributed by atoms with Gasteiger partial charge in [-0.2, -0.15) is 0 Å². The number of hydrogen-bond acceptors (Lipinski definition) is 15. The number of unbranched alkanes of at least 4 members (excludes halogenated alkanes) is 51. The molecular formula is C86H168O17P2. The van der Waals surface area contributed by atoms with Crippen molar-refractivity contribution in [2.75, 3.05) is 39.6 Å². The molecule has 105 heavy (non-hydrogen) atoms. The van der Waals surface area contributed by atoms with Crippen LogP contribution in [0.2, 0.25) is 0 Å². The third-order valence-corrected chi connectivity index (χ3v) is 22.4. The van der Waals surface area contributed by atoms with E-state index in [0.29, 0.717) is 25.7 Å². The first kappa shape index (κ1) is 103. The molecule has 19 heteroatoms. The zero-order valence-corrected chi connectivity index (χ0v) is 71.0. The van der Waals surface area contributed by atoms with Crippen LogP contribution >= 0.6 is 15.6 Å². The Hall–Kier alpha value is -1.94. The van der Waals surface area contributed by atoms with E-state index in [2.05, 4.69) is 48.5 Å². The fraction of sp³-hybridized carbons (Fsp3) is 0.953. The highest BCUT2D eigenvalue weighted by Gasteiger charge is 2.30. The van der Waals surface area contributed by atoms with Gasteiger partial charge in [0.25, 0.3) is 0 Å². The molecule has 0 bridgehead atoms. The second kappa shape index (κ2) is 76.1. The van der Waals surface area contributed by atoms with Crippen molar-refractivity contribution in [1.82, 2.24) is 0 Å². The largest absolute Gasteiger partial charge is 0.472 e. The summed E-state index contributed by atoms with van der Waals surface area (Å²) < 4.78 is 68.9. The minimum Gasteiger partial charge on any atom is -0.462 e. The van der Waals surface area contributed by atoms with E-state index in [0.717, 1.165) is 108 Å². The molecule has 0 aliphatic heterocycles. The van der Waals surface area contributed by atoms with Gasteiger partial charge < -0.3 is 33.8 Å². The van der Waals surface area contributed by atoms with Crippen molar-refractivity contribution >= 4 is 39.5 Å². The minimum absolute atomic E-state index is 0.106. The predicted octanol–water partition coefficient (Wildman–Crippen LogP) is 26.1. The fourth-order valence-corrected chi connectivity index (χ4v) is 14.9. The van der Waals surface area contributed by atoms with Crippen molar-refractivity contribution < 1.29 is 80.2 Å². The SMILES string of the molecule is CCCCCCCCCCCCCCCC(=O)OC[C@H](COP(=O)(O)OC[C@H](O)COP(=O)(O)OC[C@@H](COC(=O)CCCCCCCCCCCCCCCCC(C)C)OC(=O)CCCCCCCCCCCCCCCCCCCCC(C)CC)OC(=O)CCCCCCCCCCCCC(C)C. The van der Waals surface area contributed by atoms with E-state index in [1.165, 1.54) is 263 Å². The van der Waals surface area contributed by atoms with Crippen molar-refractivity contribution in [3.05, 3.63) is 0 Å². The number of aliphatic hydroxyl groups is 1. The summed E-state index contributed by atoms with van der Waals surface area (Å²) in [5.74, 6) is 0.319. The Morgan fingerprint density at radius 1 is 0.276 bits per heavy atom. The molecule has 0 aromatic heterocycles. The first-order chi connectivity index (χ1) is 50.8. The van der Waals surface area contributed by atoms with Gasteiger partial charge in [0.05, 0.1) is 26.4 Å². The average molecular weight is 1540 g/mol. The van der Waals surface area contributed by atoms with Crippen LogP contribution in [0.5, 0.6) is 0 Å². The molecule has 0 saturated heterocycles. The molecule has 0 aromatic rings. The quantitative estimate of drug-likeness (QED) is 0.0222. The van der Waals surface area contributed by atoms with Crippen LogP contribution in [0, 0.1) is 17.8 Å². The van der Waals surface area contributed by atoms with Gasteiger partial charge in [0, 0.05) is 25.7 Å². The van der Waals surface area contributed by atoms with E-state index < -0.39 is 97.5 Å². The fourth-order valence-electron chi connectivity index (χ4n) is 13.3. The van der Waals surface area contributed by atoms with Crippen LogP contribution in [0.15, 0.2) is 0 Å². The summed E-state index contributed by atoms with van der Waals surface area (Å²) in [6.45, 7) is 12.1. The van der Waals surface area contributed by atoms with Gasteiger partial charge in [-0.1, -0.05) is 402 Å². The summed E-state index contributed by atoms with van der Waals surface area (Å²) in [5, 5.41) is 10.7. The molecule has 0 amide bonds. The summed E-state index contributed by atoms with van der Waals surface area (Å²) in [6.07, 6.45) is 66.5. The van der Waals surface area contributed by atoms with Crippen LogP contribution in [-0.4, -0.2) is 96.7 Å². The van der Waals surface area contributed by atoms with Crippen LogP contribution in [0.1, 0.15) is 453 Å². The van der Waals surface area contributed by atoms with E-state index in [-0.39, 0.29) is 25.7 Å². The molecule has 3 N–H and O–H groups in total. The lowest BCUT2D eigenvalue weighted by Crippen LogP contribution is -2.30. The van der Waals surface area contributed by atoms with E-state index >= 15 is 0 Å². The topological polar surface area (TPSA) is 237 Å². The summed E-state index contributed by atoms with van der Waals surface area (Å²) >= 11 is 0. The normalized spacial score (nSPS) is 14.1. The highest BCUT2D eigenvalue weighted by Crippen LogP contribution is 2.45. The zero-order chi connectivity index (χ0) is 77.2. The molecular weight excluding hydrogens is 1370 g/mol. The Kier molecular flexibility index (Phi) is 74.7. The van der Waals surface area contributed by atoms with Gasteiger partial charge in [-0.05, 0) is 43.4 Å². The van der Waals surface area contributed by atoms with E-state index in [9.17, 15) is 43.2 Å². The Morgan fingerprint density at radius 3 is 0.724 bits per heavy atom. The second-order valence-corrected chi connectivity index (χ2v) is 35.0. The molecule has 0 spiro atoms. The van der Waals surface area contributed by atoms with Crippen LogP contribution < -0.4 is 0 Å². The maximum atomic E-state index is 13.1. The van der Waals surface area contributed by atoms with Crippen LogP contribution in [0.25, 0.3) is 0 Å². The maximum Gasteiger partial charge on any atom is 0.472 e. The smallest absolute Gasteiger partial charge is 0.462 e. The molecule has 0 aromatic carbocycles. The summed E-state index contributed by atoms with van der Waals surface area (Å²) in [6, 6.07) is 0. The first-order valence-electron chi connectivity index (χ1n) is 44.4. The lowest BCUT2D eigenvalue weighted by atomic mass is 9.99. The van der Waals surface area contributed by atoms with Crippen LogP contribution in [0.4, 0.5) is 0 Å².